The summed E-state index contributed by atoms with van der Waals surface area (Å²) in [5.41, 5.74) is 2.43. The summed E-state index contributed by atoms with van der Waals surface area (Å²) in [7, 11) is 0. The van der Waals surface area contributed by atoms with Crippen molar-refractivity contribution in [3.63, 3.8) is 0 Å². The molecule has 108 valence electrons. The quantitative estimate of drug-likeness (QED) is 0.879. The molecule has 2 aromatic rings. The van der Waals surface area contributed by atoms with Gasteiger partial charge in [-0.1, -0.05) is 0 Å². The Morgan fingerprint density at radius 3 is 2.25 bits per heavy atom. The Balaban J connectivity index is 2.16. The third kappa shape index (κ3) is 3.28. The zero-order valence-corrected chi connectivity index (χ0v) is 13.6. The first-order valence-corrected chi connectivity index (χ1v) is 7.71. The first-order chi connectivity index (χ1) is 9.51. The Labute approximate surface area is 124 Å². The highest BCUT2D eigenvalue weighted by atomic mass is 32.1. The van der Waals surface area contributed by atoms with Gasteiger partial charge in [0.05, 0.1) is 6.54 Å². The van der Waals surface area contributed by atoms with Gasteiger partial charge in [0.2, 0.25) is 0 Å². The number of rotatable bonds is 5. The maximum absolute atomic E-state index is 4.50. The lowest BCUT2D eigenvalue weighted by molar-refractivity contribution is 0.997. The first-order valence-electron chi connectivity index (χ1n) is 6.90. The zero-order valence-electron chi connectivity index (χ0n) is 12.8. The van der Waals surface area contributed by atoms with Gasteiger partial charge in [-0.25, -0.2) is 9.97 Å². The normalized spacial score (nSPS) is 10.7. The first kappa shape index (κ1) is 14.8. The number of anilines is 2. The highest BCUT2D eigenvalue weighted by Crippen LogP contribution is 2.24. The van der Waals surface area contributed by atoms with E-state index in [2.05, 4.69) is 47.4 Å². The lowest BCUT2D eigenvalue weighted by Gasteiger charge is -2.13. The van der Waals surface area contributed by atoms with Crippen molar-refractivity contribution >= 4 is 23.0 Å². The summed E-state index contributed by atoms with van der Waals surface area (Å²) in [6, 6.07) is 2.24. The molecule has 2 aromatic heterocycles. The smallest absolute Gasteiger partial charge is 0.135 e. The van der Waals surface area contributed by atoms with Crippen molar-refractivity contribution in [2.45, 2.75) is 41.2 Å². The molecule has 4 nitrogen and oxygen atoms in total. The van der Waals surface area contributed by atoms with Gasteiger partial charge in [-0.3, -0.25) is 0 Å². The lowest BCUT2D eigenvalue weighted by atomic mass is 10.2. The van der Waals surface area contributed by atoms with Crippen molar-refractivity contribution in [2.75, 3.05) is 17.2 Å². The zero-order chi connectivity index (χ0) is 14.7. The van der Waals surface area contributed by atoms with Crippen molar-refractivity contribution in [2.24, 2.45) is 0 Å². The van der Waals surface area contributed by atoms with Crippen molar-refractivity contribution < 1.29 is 0 Å². The second kappa shape index (κ2) is 6.22. The highest BCUT2D eigenvalue weighted by Gasteiger charge is 2.09. The van der Waals surface area contributed by atoms with Gasteiger partial charge < -0.3 is 10.6 Å². The van der Waals surface area contributed by atoms with Gasteiger partial charge in [0.1, 0.15) is 17.5 Å². The molecule has 20 heavy (non-hydrogen) atoms. The van der Waals surface area contributed by atoms with Crippen molar-refractivity contribution in [3.8, 4) is 0 Å². The largest absolute Gasteiger partial charge is 0.370 e. The van der Waals surface area contributed by atoms with E-state index in [0.717, 1.165) is 36.1 Å². The predicted octanol–water partition coefficient (Wildman–Crippen LogP) is 3.82. The Kier molecular flexibility index (Phi) is 4.60. The van der Waals surface area contributed by atoms with E-state index < -0.39 is 0 Å². The lowest BCUT2D eigenvalue weighted by Crippen LogP contribution is -2.09. The van der Waals surface area contributed by atoms with Crippen LogP contribution < -0.4 is 10.6 Å². The summed E-state index contributed by atoms with van der Waals surface area (Å²) in [4.78, 5) is 11.7. The summed E-state index contributed by atoms with van der Waals surface area (Å²) < 4.78 is 0. The standard InChI is InChI=1S/C15H22N4S/c1-6-16-14-10(3)15(19-12(5)18-14)17-8-13-7-9(2)11(4)20-13/h7H,6,8H2,1-5H3,(H2,16,17,18,19). The van der Waals surface area contributed by atoms with Crippen molar-refractivity contribution in [1.29, 1.82) is 0 Å². The highest BCUT2D eigenvalue weighted by molar-refractivity contribution is 7.12. The maximum Gasteiger partial charge on any atom is 0.135 e. The molecule has 0 aliphatic carbocycles. The van der Waals surface area contributed by atoms with E-state index in [1.54, 1.807) is 0 Å². The van der Waals surface area contributed by atoms with Gasteiger partial charge in [0.25, 0.3) is 0 Å². The van der Waals surface area contributed by atoms with Gasteiger partial charge >= 0.3 is 0 Å². The Morgan fingerprint density at radius 1 is 1.05 bits per heavy atom. The van der Waals surface area contributed by atoms with E-state index in [-0.39, 0.29) is 0 Å². The number of aryl methyl sites for hydroxylation is 3. The average Bonchev–Trinajstić information content (AvgIpc) is 2.71. The molecule has 0 fully saturated rings. The monoisotopic (exact) mass is 290 g/mol. The molecule has 0 amide bonds. The van der Waals surface area contributed by atoms with E-state index in [1.807, 2.05) is 25.2 Å². The molecule has 0 unspecified atom stereocenters. The molecular formula is C15H22N4S. The predicted molar refractivity (Wildman–Crippen MR) is 86.8 cm³/mol. The SMILES string of the molecule is CCNc1nc(C)nc(NCc2cc(C)c(C)s2)c1C. The van der Waals surface area contributed by atoms with Crippen molar-refractivity contribution in [3.05, 3.63) is 32.8 Å². The molecule has 0 atom stereocenters. The molecule has 0 radical (unpaired) electrons. The Bertz CT molecular complexity index is 585. The second-order valence-electron chi connectivity index (χ2n) is 4.93. The number of hydrogen-bond acceptors (Lipinski definition) is 5. The number of nitrogens with zero attached hydrogens (tertiary/aromatic N) is 2. The molecule has 0 saturated heterocycles. The van der Waals surface area contributed by atoms with Crippen LogP contribution in [0.1, 0.15) is 33.6 Å². The van der Waals surface area contributed by atoms with Crippen LogP contribution >= 0.6 is 11.3 Å². The third-order valence-electron chi connectivity index (χ3n) is 3.25. The number of nitrogens with one attached hydrogen (secondary N) is 2. The molecule has 2 rings (SSSR count). The van der Waals surface area contributed by atoms with E-state index in [4.69, 9.17) is 0 Å². The van der Waals surface area contributed by atoms with E-state index in [1.165, 1.54) is 15.3 Å². The number of thiophene rings is 1. The van der Waals surface area contributed by atoms with Crippen LogP contribution in [0, 0.1) is 27.7 Å². The van der Waals surface area contributed by atoms with Crippen molar-refractivity contribution in [1.82, 2.24) is 9.97 Å². The van der Waals surface area contributed by atoms with Crippen LogP contribution in [0.4, 0.5) is 11.6 Å². The fourth-order valence-corrected chi connectivity index (χ4v) is 3.04. The Morgan fingerprint density at radius 2 is 1.70 bits per heavy atom. The molecule has 0 aliphatic heterocycles. The minimum atomic E-state index is 0.785. The van der Waals surface area contributed by atoms with Gasteiger partial charge in [-0.05, 0) is 46.2 Å². The molecule has 2 heterocycles. The van der Waals surface area contributed by atoms with E-state index in [9.17, 15) is 0 Å². The molecule has 0 saturated carbocycles. The van der Waals surface area contributed by atoms with E-state index >= 15 is 0 Å². The van der Waals surface area contributed by atoms with Crippen LogP contribution in [0.25, 0.3) is 0 Å². The molecule has 0 aromatic carbocycles. The molecule has 0 aliphatic rings. The van der Waals surface area contributed by atoms with Crippen LogP contribution in [-0.2, 0) is 6.54 Å². The summed E-state index contributed by atoms with van der Waals surface area (Å²) in [6.07, 6.45) is 0. The average molecular weight is 290 g/mol. The van der Waals surface area contributed by atoms with Crippen LogP contribution in [-0.4, -0.2) is 16.5 Å². The fraction of sp³-hybridized carbons (Fsp3) is 0.467. The summed E-state index contributed by atoms with van der Waals surface area (Å²) >= 11 is 1.84. The van der Waals surface area contributed by atoms with E-state index in [0.29, 0.717) is 0 Å². The maximum atomic E-state index is 4.50. The van der Waals surface area contributed by atoms with Crippen LogP contribution in [0.3, 0.4) is 0 Å². The second-order valence-corrected chi connectivity index (χ2v) is 6.27. The number of aromatic nitrogens is 2. The van der Waals surface area contributed by atoms with Crippen LogP contribution in [0.5, 0.6) is 0 Å². The molecule has 2 N–H and O–H groups in total. The van der Waals surface area contributed by atoms with Crippen LogP contribution in [0.2, 0.25) is 0 Å². The summed E-state index contributed by atoms with van der Waals surface area (Å²) in [5, 5.41) is 6.71. The topological polar surface area (TPSA) is 49.8 Å². The fourth-order valence-electron chi connectivity index (χ4n) is 2.05. The van der Waals surface area contributed by atoms with Gasteiger partial charge in [0.15, 0.2) is 0 Å². The molecule has 5 heteroatoms. The summed E-state index contributed by atoms with van der Waals surface area (Å²) in [6.45, 7) is 12.0. The summed E-state index contributed by atoms with van der Waals surface area (Å²) in [5.74, 6) is 2.62. The Hall–Kier alpha value is -1.62. The molecule has 0 spiro atoms. The van der Waals surface area contributed by atoms with Crippen LogP contribution in [0.15, 0.2) is 6.07 Å². The molecular weight excluding hydrogens is 268 g/mol. The minimum Gasteiger partial charge on any atom is -0.370 e. The number of hydrogen-bond donors (Lipinski definition) is 2. The van der Waals surface area contributed by atoms with Gasteiger partial charge in [-0.15, -0.1) is 11.3 Å². The van der Waals surface area contributed by atoms with Gasteiger partial charge in [-0.2, -0.15) is 0 Å². The third-order valence-corrected chi connectivity index (χ3v) is 4.40. The van der Waals surface area contributed by atoms with Gasteiger partial charge in [0, 0.05) is 21.9 Å². The minimum absolute atomic E-state index is 0.785. The molecule has 0 bridgehead atoms.